The quantitative estimate of drug-likeness (QED) is 0.462. The number of hydrogen-bond donors (Lipinski definition) is 0. The van der Waals surface area contributed by atoms with E-state index < -0.39 is 0 Å². The van der Waals surface area contributed by atoms with E-state index in [0.717, 1.165) is 25.7 Å². The Bertz CT molecular complexity index is 302. The van der Waals surface area contributed by atoms with Gasteiger partial charge < -0.3 is 14.2 Å². The van der Waals surface area contributed by atoms with Crippen LogP contribution in [-0.4, -0.2) is 37.7 Å². The summed E-state index contributed by atoms with van der Waals surface area (Å²) in [5.41, 5.74) is 0. The van der Waals surface area contributed by atoms with Gasteiger partial charge in [-0.2, -0.15) is 0 Å². The second-order valence-corrected chi connectivity index (χ2v) is 4.88. The SMILES string of the molecule is CCCOC(=O)CC.CCCOC(=O)CCC.CCCOC(C)=O. The zero-order valence-electron chi connectivity index (χ0n) is 16.3. The Morgan fingerprint density at radius 2 is 1.04 bits per heavy atom. The first-order chi connectivity index (χ1) is 11.4. The van der Waals surface area contributed by atoms with Crippen molar-refractivity contribution in [2.24, 2.45) is 0 Å². The second-order valence-electron chi connectivity index (χ2n) is 4.88. The Kier molecular flexibility index (Phi) is 26.9. The molecule has 0 bridgehead atoms. The third kappa shape index (κ3) is 32.4. The molecule has 0 aliphatic rings. The van der Waals surface area contributed by atoms with Crippen molar-refractivity contribution >= 4 is 17.9 Å². The molecule has 0 aromatic rings. The fourth-order valence-electron chi connectivity index (χ4n) is 1.06. The van der Waals surface area contributed by atoms with Gasteiger partial charge >= 0.3 is 17.9 Å². The number of rotatable bonds is 9. The summed E-state index contributed by atoms with van der Waals surface area (Å²) >= 11 is 0. The fraction of sp³-hybridized carbons (Fsp3) is 0.833. The van der Waals surface area contributed by atoms with Gasteiger partial charge in [0.05, 0.1) is 19.8 Å². The van der Waals surface area contributed by atoms with Crippen LogP contribution in [0.25, 0.3) is 0 Å². The van der Waals surface area contributed by atoms with Crippen LogP contribution in [0.15, 0.2) is 0 Å². The van der Waals surface area contributed by atoms with Gasteiger partial charge in [0.15, 0.2) is 0 Å². The summed E-state index contributed by atoms with van der Waals surface area (Å²) in [7, 11) is 0. The fourth-order valence-corrected chi connectivity index (χ4v) is 1.06. The van der Waals surface area contributed by atoms with Crippen LogP contribution < -0.4 is 0 Å². The minimum absolute atomic E-state index is 0.0700. The standard InChI is InChI=1S/C7H14O2.C6H12O2.C5H10O2/c1-3-5-7(8)9-6-4-2;1-3-5-8-6(7)4-2;1-3-4-7-5(2)6/h3-6H2,1-2H3;3-5H2,1-2H3;3-4H2,1-2H3. The third-order valence-electron chi connectivity index (χ3n) is 2.19. The lowest BCUT2D eigenvalue weighted by atomic mass is 10.3. The zero-order valence-corrected chi connectivity index (χ0v) is 16.3. The molecule has 0 N–H and O–H groups in total. The topological polar surface area (TPSA) is 78.9 Å². The molecule has 0 aliphatic carbocycles. The van der Waals surface area contributed by atoms with Gasteiger partial charge in [-0.15, -0.1) is 0 Å². The smallest absolute Gasteiger partial charge is 0.305 e. The molecule has 0 aromatic carbocycles. The van der Waals surface area contributed by atoms with Crippen LogP contribution in [-0.2, 0) is 28.6 Å². The van der Waals surface area contributed by atoms with E-state index in [1.165, 1.54) is 6.92 Å². The van der Waals surface area contributed by atoms with E-state index in [1.807, 2.05) is 27.7 Å². The molecule has 0 saturated heterocycles. The summed E-state index contributed by atoms with van der Waals surface area (Å²) in [4.78, 5) is 30.9. The monoisotopic (exact) mass is 348 g/mol. The van der Waals surface area contributed by atoms with Crippen LogP contribution in [0.5, 0.6) is 0 Å². The van der Waals surface area contributed by atoms with Crippen LogP contribution in [0.4, 0.5) is 0 Å². The minimum atomic E-state index is -0.193. The Morgan fingerprint density at radius 1 is 0.625 bits per heavy atom. The summed E-state index contributed by atoms with van der Waals surface area (Å²) in [6, 6.07) is 0. The molecule has 0 unspecified atom stereocenters. The van der Waals surface area contributed by atoms with Crippen molar-refractivity contribution in [1.29, 1.82) is 0 Å². The molecule has 0 rings (SSSR count). The van der Waals surface area contributed by atoms with Crippen LogP contribution in [0.1, 0.15) is 80.1 Å². The van der Waals surface area contributed by atoms with Gasteiger partial charge in [-0.25, -0.2) is 0 Å². The zero-order chi connectivity index (χ0) is 19.2. The van der Waals surface area contributed by atoms with Crippen molar-refractivity contribution in [3.63, 3.8) is 0 Å². The summed E-state index contributed by atoms with van der Waals surface area (Å²) in [5, 5.41) is 0. The van der Waals surface area contributed by atoms with Crippen LogP contribution in [0, 0.1) is 0 Å². The van der Waals surface area contributed by atoms with Gasteiger partial charge in [-0.3, -0.25) is 14.4 Å². The van der Waals surface area contributed by atoms with E-state index >= 15 is 0 Å². The highest BCUT2D eigenvalue weighted by atomic mass is 16.5. The average Bonchev–Trinajstić information content (AvgIpc) is 2.57. The van der Waals surface area contributed by atoms with Crippen molar-refractivity contribution in [3.05, 3.63) is 0 Å². The summed E-state index contributed by atoms with van der Waals surface area (Å²) in [6.07, 6.45) is 4.64. The molecule has 0 atom stereocenters. The van der Waals surface area contributed by atoms with Gasteiger partial charge in [0.25, 0.3) is 0 Å². The number of hydrogen-bond acceptors (Lipinski definition) is 6. The Hall–Kier alpha value is -1.59. The predicted molar refractivity (Wildman–Crippen MR) is 94.6 cm³/mol. The Balaban J connectivity index is -0.000000278. The van der Waals surface area contributed by atoms with Crippen molar-refractivity contribution in [2.75, 3.05) is 19.8 Å². The van der Waals surface area contributed by atoms with E-state index in [-0.39, 0.29) is 17.9 Å². The molecule has 6 heteroatoms. The molecular weight excluding hydrogens is 312 g/mol. The maximum atomic E-state index is 10.6. The first kappa shape index (κ1) is 27.3. The lowest BCUT2D eigenvalue weighted by Crippen LogP contribution is -2.03. The first-order valence-electron chi connectivity index (χ1n) is 8.83. The third-order valence-corrected chi connectivity index (χ3v) is 2.19. The highest BCUT2D eigenvalue weighted by molar-refractivity contribution is 5.69. The van der Waals surface area contributed by atoms with Crippen LogP contribution >= 0.6 is 0 Å². The molecule has 0 heterocycles. The molecule has 0 radical (unpaired) electrons. The van der Waals surface area contributed by atoms with E-state index in [1.54, 1.807) is 6.92 Å². The first-order valence-corrected chi connectivity index (χ1v) is 8.83. The summed E-state index contributed by atoms with van der Waals surface area (Å²) in [5.74, 6) is -0.368. The molecule has 0 aliphatic heterocycles. The number of esters is 3. The van der Waals surface area contributed by atoms with Crippen molar-refractivity contribution in [2.45, 2.75) is 80.1 Å². The molecule has 0 saturated carbocycles. The molecule has 144 valence electrons. The maximum absolute atomic E-state index is 10.6. The molecule has 24 heavy (non-hydrogen) atoms. The molecular formula is C18H36O6. The summed E-state index contributed by atoms with van der Waals surface area (Å²) in [6.45, 7) is 12.8. The summed E-state index contributed by atoms with van der Waals surface area (Å²) < 4.78 is 14.0. The highest BCUT2D eigenvalue weighted by Crippen LogP contribution is 1.91. The van der Waals surface area contributed by atoms with Crippen molar-refractivity contribution in [3.8, 4) is 0 Å². The lowest BCUT2D eigenvalue weighted by molar-refractivity contribution is -0.144. The van der Waals surface area contributed by atoms with E-state index in [9.17, 15) is 14.4 Å². The number of ether oxygens (including phenoxy) is 3. The van der Waals surface area contributed by atoms with Gasteiger partial charge in [0.2, 0.25) is 0 Å². The van der Waals surface area contributed by atoms with Crippen molar-refractivity contribution < 1.29 is 28.6 Å². The number of carbonyl (C=O) groups excluding carboxylic acids is 3. The predicted octanol–water partition coefficient (Wildman–Crippen LogP) is 4.05. The minimum Gasteiger partial charge on any atom is -0.466 e. The largest absolute Gasteiger partial charge is 0.466 e. The molecule has 0 aromatic heterocycles. The molecule has 0 fully saturated rings. The normalized spacial score (nSPS) is 8.75. The van der Waals surface area contributed by atoms with Gasteiger partial charge in [-0.1, -0.05) is 34.6 Å². The lowest BCUT2D eigenvalue weighted by Gasteiger charge is -1.99. The van der Waals surface area contributed by atoms with Crippen LogP contribution in [0.3, 0.4) is 0 Å². The van der Waals surface area contributed by atoms with Gasteiger partial charge in [0.1, 0.15) is 0 Å². The van der Waals surface area contributed by atoms with Crippen LogP contribution in [0.2, 0.25) is 0 Å². The Labute approximate surface area is 147 Å². The van der Waals surface area contributed by atoms with Gasteiger partial charge in [0, 0.05) is 19.8 Å². The van der Waals surface area contributed by atoms with Crippen molar-refractivity contribution in [1.82, 2.24) is 0 Å². The van der Waals surface area contributed by atoms with E-state index in [0.29, 0.717) is 32.7 Å². The molecule has 0 amide bonds. The van der Waals surface area contributed by atoms with E-state index in [4.69, 9.17) is 9.47 Å². The maximum Gasteiger partial charge on any atom is 0.305 e. The van der Waals surface area contributed by atoms with Gasteiger partial charge in [-0.05, 0) is 25.7 Å². The average molecular weight is 348 g/mol. The molecule has 0 spiro atoms. The molecule has 6 nitrogen and oxygen atoms in total. The highest BCUT2D eigenvalue weighted by Gasteiger charge is 1.97. The second kappa shape index (κ2) is 23.7. The Morgan fingerprint density at radius 3 is 1.33 bits per heavy atom. The van der Waals surface area contributed by atoms with E-state index in [2.05, 4.69) is 4.74 Å². The number of carbonyl (C=O) groups is 3.